The lowest BCUT2D eigenvalue weighted by Crippen LogP contribution is -2.39. The Morgan fingerprint density at radius 3 is 2.31 bits per heavy atom. The van der Waals surface area contributed by atoms with Crippen molar-refractivity contribution in [2.24, 2.45) is 5.92 Å². The molecule has 10 heteroatoms. The zero-order chi connectivity index (χ0) is 19.7. The van der Waals surface area contributed by atoms with Crippen molar-refractivity contribution in [2.45, 2.75) is 30.1 Å². The number of nitrogens with zero attached hydrogens (tertiary/aromatic N) is 2. The molecule has 0 aliphatic carbocycles. The predicted molar refractivity (Wildman–Crippen MR) is 99.4 cm³/mol. The summed E-state index contributed by atoms with van der Waals surface area (Å²) in [5, 5.41) is -0.0308. The fourth-order valence-corrected chi connectivity index (χ4v) is 5.46. The Morgan fingerprint density at radius 1 is 1.08 bits per heavy atom. The lowest BCUT2D eigenvalue weighted by Gasteiger charge is -2.23. The largest absolute Gasteiger partial charge is 0.341 e. The van der Waals surface area contributed by atoms with Crippen LogP contribution in [0.4, 0.5) is 0 Å². The third-order valence-electron chi connectivity index (χ3n) is 4.21. The molecule has 0 saturated carbocycles. The maximum absolute atomic E-state index is 13.0. The Bertz CT molecular complexity index is 897. The first-order chi connectivity index (χ1) is 11.9. The van der Waals surface area contributed by atoms with E-state index in [2.05, 4.69) is 0 Å². The zero-order valence-corrected chi connectivity index (χ0v) is 17.4. The molecule has 1 aliphatic rings. The van der Waals surface area contributed by atoms with Gasteiger partial charge in [-0.3, -0.25) is 4.79 Å². The van der Waals surface area contributed by atoms with Crippen molar-refractivity contribution >= 4 is 37.4 Å². The van der Waals surface area contributed by atoms with Crippen LogP contribution in [0, 0.1) is 5.92 Å². The molecule has 1 amide bonds. The predicted octanol–water partition coefficient (Wildman–Crippen LogP) is 1.62. The first kappa shape index (κ1) is 21.1. The summed E-state index contributed by atoms with van der Waals surface area (Å²) in [6, 6.07) is 3.65. The second kappa shape index (κ2) is 7.84. The molecule has 0 atom stereocenters. The molecule has 146 valence electrons. The quantitative estimate of drug-likeness (QED) is 0.735. The van der Waals surface area contributed by atoms with Crippen LogP contribution in [0.3, 0.4) is 0 Å². The van der Waals surface area contributed by atoms with Gasteiger partial charge in [0.25, 0.3) is 0 Å². The van der Waals surface area contributed by atoms with Crippen LogP contribution < -0.4 is 0 Å². The average molecular weight is 423 g/mol. The van der Waals surface area contributed by atoms with E-state index < -0.39 is 19.9 Å². The van der Waals surface area contributed by atoms with E-state index in [4.69, 9.17) is 11.6 Å². The molecule has 0 aromatic heterocycles. The molecule has 1 aliphatic heterocycles. The summed E-state index contributed by atoms with van der Waals surface area (Å²) in [6.45, 7) is 4.76. The van der Waals surface area contributed by atoms with Crippen LogP contribution in [0.2, 0.25) is 5.02 Å². The molecule has 1 aromatic rings. The van der Waals surface area contributed by atoms with Gasteiger partial charge in [-0.05, 0) is 24.6 Å². The van der Waals surface area contributed by atoms with Gasteiger partial charge in [0.1, 0.15) is 4.90 Å². The molecule has 26 heavy (non-hydrogen) atoms. The van der Waals surface area contributed by atoms with Crippen LogP contribution in [0.5, 0.6) is 0 Å². The maximum atomic E-state index is 13.0. The molecule has 0 radical (unpaired) electrons. The number of halogens is 1. The lowest BCUT2D eigenvalue weighted by atomic mass is 10.2. The van der Waals surface area contributed by atoms with Crippen LogP contribution >= 0.6 is 11.6 Å². The van der Waals surface area contributed by atoms with Gasteiger partial charge >= 0.3 is 0 Å². The molecule has 1 aromatic carbocycles. The fourth-order valence-electron chi connectivity index (χ4n) is 2.77. The fraction of sp³-hybridized carbons (Fsp3) is 0.562. The van der Waals surface area contributed by atoms with Crippen LogP contribution in [0.25, 0.3) is 0 Å². The Hall–Kier alpha value is -1.16. The highest BCUT2D eigenvalue weighted by atomic mass is 35.5. The average Bonchev–Trinajstić information content (AvgIpc) is 2.79. The molecule has 0 spiro atoms. The molecule has 0 N–H and O–H groups in total. The minimum atomic E-state index is -3.97. The summed E-state index contributed by atoms with van der Waals surface area (Å²) in [5.41, 5.74) is 0. The minimum Gasteiger partial charge on any atom is -0.341 e. The van der Waals surface area contributed by atoms with Gasteiger partial charge in [0.2, 0.25) is 15.9 Å². The van der Waals surface area contributed by atoms with Crippen LogP contribution in [0.15, 0.2) is 28.0 Å². The number of hydrogen-bond acceptors (Lipinski definition) is 5. The molecule has 1 saturated heterocycles. The van der Waals surface area contributed by atoms with Crippen molar-refractivity contribution in [2.75, 3.05) is 32.4 Å². The Balaban J connectivity index is 2.32. The van der Waals surface area contributed by atoms with E-state index in [9.17, 15) is 21.6 Å². The normalized spacial score (nSPS) is 17.3. The maximum Gasteiger partial charge on any atom is 0.244 e. The number of carbonyl (C=O) groups is 1. The number of sulfone groups is 1. The van der Waals surface area contributed by atoms with E-state index in [1.165, 1.54) is 16.4 Å². The molecular weight excluding hydrogens is 400 g/mol. The highest BCUT2D eigenvalue weighted by Gasteiger charge is 2.31. The van der Waals surface area contributed by atoms with Gasteiger partial charge in [0, 0.05) is 38.4 Å². The van der Waals surface area contributed by atoms with Crippen molar-refractivity contribution in [3.63, 3.8) is 0 Å². The van der Waals surface area contributed by atoms with E-state index in [-0.39, 0.29) is 39.7 Å². The lowest BCUT2D eigenvalue weighted by molar-refractivity contribution is -0.134. The number of benzene rings is 1. The van der Waals surface area contributed by atoms with Crippen LogP contribution in [-0.2, 0) is 24.7 Å². The van der Waals surface area contributed by atoms with Crippen molar-refractivity contribution in [1.82, 2.24) is 9.21 Å². The van der Waals surface area contributed by atoms with E-state index >= 15 is 0 Å². The van der Waals surface area contributed by atoms with Gasteiger partial charge in [0.15, 0.2) is 9.84 Å². The van der Waals surface area contributed by atoms with Crippen molar-refractivity contribution in [3.05, 3.63) is 23.2 Å². The summed E-state index contributed by atoms with van der Waals surface area (Å²) < 4.78 is 50.7. The second-order valence-corrected chi connectivity index (χ2v) is 10.9. The molecule has 7 nitrogen and oxygen atoms in total. The van der Waals surface area contributed by atoms with Gasteiger partial charge in [-0.1, -0.05) is 25.4 Å². The monoisotopic (exact) mass is 422 g/mol. The second-order valence-electron chi connectivity index (χ2n) is 6.60. The first-order valence-electron chi connectivity index (χ1n) is 8.23. The van der Waals surface area contributed by atoms with Gasteiger partial charge in [-0.25, -0.2) is 16.8 Å². The van der Waals surface area contributed by atoms with E-state index in [1.54, 1.807) is 18.7 Å². The van der Waals surface area contributed by atoms with Gasteiger partial charge in [-0.2, -0.15) is 4.31 Å². The minimum absolute atomic E-state index is 0.0126. The standard InChI is InChI=1S/C16H23ClN2O5S2/c1-12(2)16(20)18-7-4-8-19(10-9-18)26(23,24)15-11-13(25(3,21)22)5-6-14(15)17/h5-6,11-12H,4,7-10H2,1-3H3. The van der Waals surface area contributed by atoms with Crippen LogP contribution in [-0.4, -0.2) is 64.4 Å². The van der Waals surface area contributed by atoms with E-state index in [0.29, 0.717) is 19.5 Å². The molecule has 1 heterocycles. The van der Waals surface area contributed by atoms with Crippen molar-refractivity contribution < 1.29 is 21.6 Å². The summed E-state index contributed by atoms with van der Waals surface area (Å²) in [4.78, 5) is 13.5. The Labute approximate surface area is 159 Å². The molecule has 0 unspecified atom stereocenters. The number of carbonyl (C=O) groups excluding carboxylic acids is 1. The number of amides is 1. The van der Waals surface area contributed by atoms with Crippen LogP contribution in [0.1, 0.15) is 20.3 Å². The van der Waals surface area contributed by atoms with E-state index in [0.717, 1.165) is 12.3 Å². The summed E-state index contributed by atoms with van der Waals surface area (Å²) in [6.07, 6.45) is 1.51. The number of sulfonamides is 1. The SMILES string of the molecule is CC(C)C(=O)N1CCCN(S(=O)(=O)c2cc(S(C)(=O)=O)ccc2Cl)CC1. The summed E-state index contributed by atoms with van der Waals surface area (Å²) in [7, 11) is -7.53. The summed E-state index contributed by atoms with van der Waals surface area (Å²) >= 11 is 6.05. The Kier molecular flexibility index (Phi) is 6.37. The highest BCUT2D eigenvalue weighted by Crippen LogP contribution is 2.28. The molecular formula is C16H23ClN2O5S2. The first-order valence-corrected chi connectivity index (χ1v) is 11.9. The topological polar surface area (TPSA) is 91.8 Å². The number of hydrogen-bond donors (Lipinski definition) is 0. The number of rotatable bonds is 4. The smallest absolute Gasteiger partial charge is 0.244 e. The summed E-state index contributed by atoms with van der Waals surface area (Å²) in [5.74, 6) is -0.166. The molecule has 1 fully saturated rings. The van der Waals surface area contributed by atoms with E-state index in [1.807, 2.05) is 0 Å². The van der Waals surface area contributed by atoms with Gasteiger partial charge < -0.3 is 4.90 Å². The van der Waals surface area contributed by atoms with Crippen molar-refractivity contribution in [3.8, 4) is 0 Å². The van der Waals surface area contributed by atoms with Gasteiger partial charge in [0.05, 0.1) is 9.92 Å². The Morgan fingerprint density at radius 2 is 1.73 bits per heavy atom. The van der Waals surface area contributed by atoms with Gasteiger partial charge in [-0.15, -0.1) is 0 Å². The zero-order valence-electron chi connectivity index (χ0n) is 15.0. The highest BCUT2D eigenvalue weighted by molar-refractivity contribution is 7.91. The van der Waals surface area contributed by atoms with Crippen molar-refractivity contribution in [1.29, 1.82) is 0 Å². The molecule has 0 bridgehead atoms. The third kappa shape index (κ3) is 4.57. The third-order valence-corrected chi connectivity index (χ3v) is 7.70. The molecule has 2 rings (SSSR count).